The first-order chi connectivity index (χ1) is 8.50. The largest absolute Gasteiger partial charge is 0.391 e. The van der Waals surface area contributed by atoms with Gasteiger partial charge in [0.15, 0.2) is 0 Å². The minimum atomic E-state index is -4.02. The number of hydrogen-bond donors (Lipinski definition) is 1. The maximum Gasteiger partial charge on any atom is 0.391 e. The summed E-state index contributed by atoms with van der Waals surface area (Å²) in [5.41, 5.74) is 5.57. The molecule has 0 aromatic rings. The lowest BCUT2D eigenvalue weighted by atomic mass is 9.84. The van der Waals surface area contributed by atoms with Gasteiger partial charge in [0.1, 0.15) is 0 Å². The molecule has 18 heavy (non-hydrogen) atoms. The SMILES string of the molecule is NCC1CN(C2CCC(C(F)(F)F)CC2)CCO1. The van der Waals surface area contributed by atoms with E-state index in [0.717, 1.165) is 13.1 Å². The van der Waals surface area contributed by atoms with E-state index in [2.05, 4.69) is 4.90 Å². The summed E-state index contributed by atoms with van der Waals surface area (Å²) in [5.74, 6) is -1.10. The number of rotatable bonds is 2. The Labute approximate surface area is 105 Å². The van der Waals surface area contributed by atoms with Crippen molar-refractivity contribution in [2.24, 2.45) is 11.7 Å². The summed E-state index contributed by atoms with van der Waals surface area (Å²) in [4.78, 5) is 2.26. The Morgan fingerprint density at radius 1 is 1.17 bits per heavy atom. The molecule has 2 rings (SSSR count). The maximum absolute atomic E-state index is 12.6. The van der Waals surface area contributed by atoms with Crippen molar-refractivity contribution in [3.63, 3.8) is 0 Å². The molecule has 3 nitrogen and oxygen atoms in total. The minimum Gasteiger partial charge on any atom is -0.374 e. The van der Waals surface area contributed by atoms with Gasteiger partial charge in [-0.25, -0.2) is 0 Å². The first-order valence-electron chi connectivity index (χ1n) is 6.63. The molecule has 2 N–H and O–H groups in total. The molecule has 0 spiro atoms. The van der Waals surface area contributed by atoms with Crippen LogP contribution in [-0.2, 0) is 4.74 Å². The zero-order valence-corrected chi connectivity index (χ0v) is 10.5. The van der Waals surface area contributed by atoms with Gasteiger partial charge in [-0.2, -0.15) is 13.2 Å². The van der Waals surface area contributed by atoms with E-state index in [0.29, 0.717) is 26.0 Å². The van der Waals surface area contributed by atoms with Gasteiger partial charge in [0.25, 0.3) is 0 Å². The minimum absolute atomic E-state index is 0.0408. The monoisotopic (exact) mass is 266 g/mol. The Bertz CT molecular complexity index is 265. The lowest BCUT2D eigenvalue weighted by Crippen LogP contribution is -2.51. The number of halogens is 3. The van der Waals surface area contributed by atoms with Crippen molar-refractivity contribution < 1.29 is 17.9 Å². The Kier molecular flexibility index (Phi) is 4.50. The summed E-state index contributed by atoms with van der Waals surface area (Å²) in [5, 5.41) is 0. The van der Waals surface area contributed by atoms with Crippen LogP contribution in [0.2, 0.25) is 0 Å². The summed E-state index contributed by atoms with van der Waals surface area (Å²) in [6.07, 6.45) is -2.17. The molecule has 0 aromatic carbocycles. The van der Waals surface area contributed by atoms with Crippen LogP contribution in [0.4, 0.5) is 13.2 Å². The van der Waals surface area contributed by atoms with E-state index >= 15 is 0 Å². The van der Waals surface area contributed by atoms with Crippen molar-refractivity contribution in [3.05, 3.63) is 0 Å². The fraction of sp³-hybridized carbons (Fsp3) is 1.00. The molecule has 2 aliphatic rings. The average Bonchev–Trinajstić information content (AvgIpc) is 2.38. The number of nitrogens with two attached hydrogens (primary N) is 1. The van der Waals surface area contributed by atoms with Crippen LogP contribution in [0.5, 0.6) is 0 Å². The van der Waals surface area contributed by atoms with Gasteiger partial charge in [-0.1, -0.05) is 0 Å². The third-order valence-electron chi connectivity index (χ3n) is 4.11. The second-order valence-electron chi connectivity index (χ2n) is 5.27. The van der Waals surface area contributed by atoms with Crippen LogP contribution in [0.1, 0.15) is 25.7 Å². The third-order valence-corrected chi connectivity index (χ3v) is 4.11. The van der Waals surface area contributed by atoms with Crippen molar-refractivity contribution in [1.29, 1.82) is 0 Å². The van der Waals surface area contributed by atoms with Gasteiger partial charge in [-0.05, 0) is 25.7 Å². The number of morpholine rings is 1. The van der Waals surface area contributed by atoms with E-state index < -0.39 is 12.1 Å². The molecule has 1 heterocycles. The number of ether oxygens (including phenoxy) is 1. The topological polar surface area (TPSA) is 38.5 Å². The van der Waals surface area contributed by atoms with Crippen molar-refractivity contribution in [2.75, 3.05) is 26.2 Å². The van der Waals surface area contributed by atoms with Gasteiger partial charge in [0.2, 0.25) is 0 Å². The second kappa shape index (κ2) is 5.75. The van der Waals surface area contributed by atoms with E-state index in [9.17, 15) is 13.2 Å². The Morgan fingerprint density at radius 3 is 2.39 bits per heavy atom. The highest BCUT2D eigenvalue weighted by Crippen LogP contribution is 2.38. The Hall–Kier alpha value is -0.330. The number of hydrogen-bond acceptors (Lipinski definition) is 3. The molecule has 106 valence electrons. The first kappa shape index (κ1) is 14.1. The van der Waals surface area contributed by atoms with E-state index in [1.807, 2.05) is 0 Å². The molecule has 2 fully saturated rings. The lowest BCUT2D eigenvalue weighted by Gasteiger charge is -2.41. The molecule has 6 heteroatoms. The van der Waals surface area contributed by atoms with Crippen LogP contribution in [0.3, 0.4) is 0 Å². The van der Waals surface area contributed by atoms with Crippen LogP contribution in [0, 0.1) is 5.92 Å². The predicted molar refractivity (Wildman–Crippen MR) is 62.2 cm³/mol. The van der Waals surface area contributed by atoms with Crippen LogP contribution >= 0.6 is 0 Å². The predicted octanol–water partition coefficient (Wildman–Crippen LogP) is 1.77. The van der Waals surface area contributed by atoms with Gasteiger partial charge < -0.3 is 10.5 Å². The van der Waals surface area contributed by atoms with Gasteiger partial charge in [-0.3, -0.25) is 4.90 Å². The van der Waals surface area contributed by atoms with E-state index in [-0.39, 0.29) is 25.0 Å². The molecule has 1 unspecified atom stereocenters. The fourth-order valence-corrected chi connectivity index (χ4v) is 2.98. The van der Waals surface area contributed by atoms with E-state index in [4.69, 9.17) is 10.5 Å². The fourth-order valence-electron chi connectivity index (χ4n) is 2.98. The zero-order chi connectivity index (χ0) is 13.2. The molecule has 0 bridgehead atoms. The molecular formula is C12H21F3N2O. The van der Waals surface area contributed by atoms with Crippen LogP contribution in [0.15, 0.2) is 0 Å². The van der Waals surface area contributed by atoms with Crippen LogP contribution < -0.4 is 5.73 Å². The quantitative estimate of drug-likeness (QED) is 0.828. The van der Waals surface area contributed by atoms with E-state index in [1.165, 1.54) is 0 Å². The molecule has 1 atom stereocenters. The lowest BCUT2D eigenvalue weighted by molar-refractivity contribution is -0.185. The molecular weight excluding hydrogens is 245 g/mol. The molecule has 1 aliphatic heterocycles. The van der Waals surface area contributed by atoms with Crippen molar-refractivity contribution >= 4 is 0 Å². The summed E-state index contributed by atoms with van der Waals surface area (Å²) in [6.45, 7) is 2.70. The molecule has 0 aromatic heterocycles. The van der Waals surface area contributed by atoms with Gasteiger partial charge in [0, 0.05) is 25.7 Å². The van der Waals surface area contributed by atoms with E-state index in [1.54, 1.807) is 0 Å². The van der Waals surface area contributed by atoms with Crippen molar-refractivity contribution in [3.8, 4) is 0 Å². The molecule has 1 aliphatic carbocycles. The maximum atomic E-state index is 12.6. The van der Waals surface area contributed by atoms with Crippen molar-refractivity contribution in [2.45, 2.75) is 44.0 Å². The average molecular weight is 266 g/mol. The van der Waals surface area contributed by atoms with Crippen LogP contribution in [-0.4, -0.2) is 49.5 Å². The highest BCUT2D eigenvalue weighted by molar-refractivity contribution is 4.85. The molecule has 0 amide bonds. The highest BCUT2D eigenvalue weighted by atomic mass is 19.4. The zero-order valence-electron chi connectivity index (χ0n) is 10.5. The summed E-state index contributed by atoms with van der Waals surface area (Å²) in [6, 6.07) is 0.279. The number of nitrogens with zero attached hydrogens (tertiary/aromatic N) is 1. The standard InChI is InChI=1S/C12H21F3N2O/c13-12(14,15)9-1-3-10(4-2-9)17-5-6-18-11(7-16)8-17/h9-11H,1-8,16H2. The van der Waals surface area contributed by atoms with Crippen molar-refractivity contribution in [1.82, 2.24) is 4.90 Å². The van der Waals surface area contributed by atoms with Gasteiger partial charge in [-0.15, -0.1) is 0 Å². The Balaban J connectivity index is 1.82. The summed E-state index contributed by atoms with van der Waals surface area (Å²) >= 11 is 0. The second-order valence-corrected chi connectivity index (χ2v) is 5.27. The molecule has 1 saturated heterocycles. The number of alkyl halides is 3. The smallest absolute Gasteiger partial charge is 0.374 e. The Morgan fingerprint density at radius 2 is 1.83 bits per heavy atom. The summed E-state index contributed by atoms with van der Waals surface area (Å²) < 4.78 is 43.2. The molecule has 0 radical (unpaired) electrons. The molecule has 1 saturated carbocycles. The van der Waals surface area contributed by atoms with Gasteiger partial charge in [0.05, 0.1) is 18.6 Å². The van der Waals surface area contributed by atoms with Gasteiger partial charge >= 0.3 is 6.18 Å². The normalized spacial score (nSPS) is 35.7. The first-order valence-corrected chi connectivity index (χ1v) is 6.63. The summed E-state index contributed by atoms with van der Waals surface area (Å²) in [7, 11) is 0. The third kappa shape index (κ3) is 3.36. The highest BCUT2D eigenvalue weighted by Gasteiger charge is 2.42. The van der Waals surface area contributed by atoms with Crippen LogP contribution in [0.25, 0.3) is 0 Å².